The Hall–Kier alpha value is -1.73. The number of carbonyl (C=O) groups excluding carboxylic acids is 1. The summed E-state index contributed by atoms with van der Waals surface area (Å²) in [5, 5.41) is 5.21. The predicted molar refractivity (Wildman–Crippen MR) is 112 cm³/mol. The highest BCUT2D eigenvalue weighted by Gasteiger charge is 2.28. The van der Waals surface area contributed by atoms with Gasteiger partial charge in [-0.3, -0.25) is 14.6 Å². The third-order valence-electron chi connectivity index (χ3n) is 5.60. The second-order valence-corrected chi connectivity index (χ2v) is 8.60. The number of amides is 1. The number of nitrogens with one attached hydrogen (secondary N) is 1. The lowest BCUT2D eigenvalue weighted by atomic mass is 10.1. The van der Waals surface area contributed by atoms with E-state index in [1.165, 1.54) is 16.9 Å². The largest absolute Gasteiger partial charge is 0.379 e. The van der Waals surface area contributed by atoms with Crippen molar-refractivity contribution >= 4 is 17.2 Å². The molecule has 0 spiro atoms. The summed E-state index contributed by atoms with van der Waals surface area (Å²) in [6.07, 6.45) is 2.32. The van der Waals surface area contributed by atoms with Crippen LogP contribution in [0.5, 0.6) is 0 Å². The molecule has 2 saturated heterocycles. The number of rotatable bonds is 7. The van der Waals surface area contributed by atoms with Gasteiger partial charge in [0.2, 0.25) is 5.91 Å². The number of hydrogen-bond donors (Lipinski definition) is 1. The van der Waals surface area contributed by atoms with Crippen LogP contribution in [0.4, 0.5) is 0 Å². The number of thiophene rings is 1. The smallest absolute Gasteiger partial charge is 0.234 e. The van der Waals surface area contributed by atoms with Crippen molar-refractivity contribution in [3.05, 3.63) is 57.8 Å². The van der Waals surface area contributed by atoms with Gasteiger partial charge in [0.25, 0.3) is 0 Å². The van der Waals surface area contributed by atoms with Crippen LogP contribution in [0.1, 0.15) is 34.9 Å². The molecule has 1 N–H and O–H groups in total. The van der Waals surface area contributed by atoms with Crippen LogP contribution in [-0.4, -0.2) is 55.1 Å². The summed E-state index contributed by atoms with van der Waals surface area (Å²) in [6.45, 7) is 6.71. The molecular formula is C22H29N3O2S. The molecule has 2 fully saturated rings. The first-order chi connectivity index (χ1) is 13.8. The molecule has 2 aliphatic rings. The standard InChI is InChI=1S/C22H29N3O2S/c26-22(17-25-9-1-3-20(25)21-4-2-14-28-21)23-15-18-5-7-19(8-6-18)16-24-10-12-27-13-11-24/h2,4-8,14,20H,1,3,9-13,15-17H2,(H,23,26)/t20-/m0/s1. The Morgan fingerprint density at radius 1 is 1.11 bits per heavy atom. The van der Waals surface area contributed by atoms with Crippen molar-refractivity contribution < 1.29 is 9.53 Å². The summed E-state index contributed by atoms with van der Waals surface area (Å²) >= 11 is 1.79. The molecule has 0 saturated carbocycles. The number of carbonyl (C=O) groups is 1. The van der Waals surface area contributed by atoms with Gasteiger partial charge in [0.15, 0.2) is 0 Å². The first kappa shape index (κ1) is 19.6. The van der Waals surface area contributed by atoms with Crippen molar-refractivity contribution in [1.29, 1.82) is 0 Å². The molecule has 1 aromatic heterocycles. The van der Waals surface area contributed by atoms with Crippen molar-refractivity contribution in [2.24, 2.45) is 0 Å². The lowest BCUT2D eigenvalue weighted by Gasteiger charge is -2.26. The molecule has 0 unspecified atom stereocenters. The van der Waals surface area contributed by atoms with Gasteiger partial charge in [-0.05, 0) is 42.0 Å². The molecule has 5 nitrogen and oxygen atoms in total. The van der Waals surface area contributed by atoms with E-state index in [4.69, 9.17) is 4.74 Å². The molecule has 1 aromatic carbocycles. The fourth-order valence-corrected chi connectivity index (χ4v) is 4.93. The molecule has 6 heteroatoms. The van der Waals surface area contributed by atoms with E-state index >= 15 is 0 Å². The SMILES string of the molecule is O=C(CN1CCC[C@H]1c1cccs1)NCc1ccc(CN2CCOCC2)cc1. The van der Waals surface area contributed by atoms with E-state index < -0.39 is 0 Å². The van der Waals surface area contributed by atoms with Crippen LogP contribution in [0, 0.1) is 0 Å². The van der Waals surface area contributed by atoms with Gasteiger partial charge in [-0.1, -0.05) is 30.3 Å². The summed E-state index contributed by atoms with van der Waals surface area (Å²) < 4.78 is 5.40. The molecule has 0 aliphatic carbocycles. The highest BCUT2D eigenvalue weighted by molar-refractivity contribution is 7.10. The topological polar surface area (TPSA) is 44.8 Å². The molecule has 4 rings (SSSR count). The highest BCUT2D eigenvalue weighted by atomic mass is 32.1. The van der Waals surface area contributed by atoms with E-state index in [0.717, 1.165) is 51.4 Å². The van der Waals surface area contributed by atoms with Crippen molar-refractivity contribution in [3.8, 4) is 0 Å². The van der Waals surface area contributed by atoms with E-state index in [2.05, 4.69) is 56.9 Å². The summed E-state index contributed by atoms with van der Waals surface area (Å²) in [5.41, 5.74) is 2.46. The summed E-state index contributed by atoms with van der Waals surface area (Å²) in [5.74, 6) is 0.112. The second kappa shape index (κ2) is 9.65. The summed E-state index contributed by atoms with van der Waals surface area (Å²) in [7, 11) is 0. The number of nitrogens with zero attached hydrogens (tertiary/aromatic N) is 2. The predicted octanol–water partition coefficient (Wildman–Crippen LogP) is 3.03. The van der Waals surface area contributed by atoms with Crippen LogP contribution >= 0.6 is 11.3 Å². The molecule has 0 radical (unpaired) electrons. The number of morpholine rings is 1. The maximum absolute atomic E-state index is 12.4. The lowest BCUT2D eigenvalue weighted by Crippen LogP contribution is -2.36. The first-order valence-electron chi connectivity index (χ1n) is 10.2. The third kappa shape index (κ3) is 5.20. The van der Waals surface area contributed by atoms with E-state index in [-0.39, 0.29) is 5.91 Å². The first-order valence-corrected chi connectivity index (χ1v) is 11.1. The molecule has 1 atom stereocenters. The van der Waals surface area contributed by atoms with Gasteiger partial charge in [-0.25, -0.2) is 0 Å². The van der Waals surface area contributed by atoms with Crippen LogP contribution in [0.15, 0.2) is 41.8 Å². The molecule has 2 aromatic rings. The van der Waals surface area contributed by atoms with Crippen molar-refractivity contribution in [3.63, 3.8) is 0 Å². The van der Waals surface area contributed by atoms with Gasteiger partial charge in [0, 0.05) is 37.1 Å². The van der Waals surface area contributed by atoms with E-state index in [0.29, 0.717) is 19.1 Å². The molecule has 3 heterocycles. The number of ether oxygens (including phenoxy) is 1. The van der Waals surface area contributed by atoms with Gasteiger partial charge < -0.3 is 10.1 Å². The Labute approximate surface area is 171 Å². The fourth-order valence-electron chi connectivity index (χ4n) is 4.04. The lowest BCUT2D eigenvalue weighted by molar-refractivity contribution is -0.122. The Balaban J connectivity index is 1.23. The molecule has 28 heavy (non-hydrogen) atoms. The normalized spacial score (nSPS) is 21.1. The van der Waals surface area contributed by atoms with Crippen molar-refractivity contribution in [2.45, 2.75) is 32.0 Å². The Morgan fingerprint density at radius 3 is 2.64 bits per heavy atom. The third-order valence-corrected chi connectivity index (χ3v) is 6.58. The van der Waals surface area contributed by atoms with E-state index in [9.17, 15) is 4.79 Å². The van der Waals surface area contributed by atoms with Crippen LogP contribution < -0.4 is 5.32 Å². The van der Waals surface area contributed by atoms with Crippen LogP contribution in [0.2, 0.25) is 0 Å². The monoisotopic (exact) mass is 399 g/mol. The minimum atomic E-state index is 0.112. The summed E-state index contributed by atoms with van der Waals surface area (Å²) in [4.78, 5) is 18.6. The van der Waals surface area contributed by atoms with Gasteiger partial charge in [-0.2, -0.15) is 0 Å². The van der Waals surface area contributed by atoms with Gasteiger partial charge in [0.1, 0.15) is 0 Å². The zero-order valence-corrected chi connectivity index (χ0v) is 17.1. The molecule has 1 amide bonds. The Bertz CT molecular complexity index is 742. The fraction of sp³-hybridized carbons (Fsp3) is 0.500. The molecule has 0 bridgehead atoms. The van der Waals surface area contributed by atoms with Gasteiger partial charge in [0.05, 0.1) is 19.8 Å². The summed E-state index contributed by atoms with van der Waals surface area (Å²) in [6, 6.07) is 13.3. The Morgan fingerprint density at radius 2 is 1.89 bits per heavy atom. The quantitative estimate of drug-likeness (QED) is 0.777. The average molecular weight is 400 g/mol. The maximum Gasteiger partial charge on any atom is 0.234 e. The Kier molecular flexibility index (Phi) is 6.75. The zero-order chi connectivity index (χ0) is 19.2. The zero-order valence-electron chi connectivity index (χ0n) is 16.3. The number of likely N-dealkylation sites (tertiary alicyclic amines) is 1. The minimum Gasteiger partial charge on any atom is -0.379 e. The van der Waals surface area contributed by atoms with E-state index in [1.807, 2.05) is 0 Å². The minimum absolute atomic E-state index is 0.112. The molecular weight excluding hydrogens is 370 g/mol. The highest BCUT2D eigenvalue weighted by Crippen LogP contribution is 2.33. The average Bonchev–Trinajstić information content (AvgIpc) is 3.40. The molecule has 2 aliphatic heterocycles. The van der Waals surface area contributed by atoms with E-state index in [1.54, 1.807) is 11.3 Å². The van der Waals surface area contributed by atoms with Gasteiger partial charge >= 0.3 is 0 Å². The molecule has 150 valence electrons. The van der Waals surface area contributed by atoms with Crippen LogP contribution in [0.3, 0.4) is 0 Å². The maximum atomic E-state index is 12.4. The number of hydrogen-bond acceptors (Lipinski definition) is 5. The van der Waals surface area contributed by atoms with Crippen LogP contribution in [-0.2, 0) is 22.6 Å². The number of benzene rings is 1. The van der Waals surface area contributed by atoms with Crippen LogP contribution in [0.25, 0.3) is 0 Å². The van der Waals surface area contributed by atoms with Crippen molar-refractivity contribution in [1.82, 2.24) is 15.1 Å². The van der Waals surface area contributed by atoms with Gasteiger partial charge in [-0.15, -0.1) is 11.3 Å². The second-order valence-electron chi connectivity index (χ2n) is 7.63. The van der Waals surface area contributed by atoms with Crippen molar-refractivity contribution in [2.75, 3.05) is 39.4 Å².